The Bertz CT molecular complexity index is 591. The molecule has 1 aliphatic rings. The van der Waals surface area contributed by atoms with Crippen LogP contribution in [0.4, 0.5) is 5.69 Å². The molecule has 21 heavy (non-hydrogen) atoms. The van der Waals surface area contributed by atoms with E-state index in [4.69, 9.17) is 21.8 Å². The van der Waals surface area contributed by atoms with Crippen LogP contribution in [0, 0.1) is 0 Å². The number of piperazine rings is 1. The molecule has 112 valence electrons. The SMILES string of the molecule is NCc1ccoc1CN1CCN(c2ccccc2Cl)CC1. The number of nitrogens with zero attached hydrogens (tertiary/aromatic N) is 2. The maximum Gasteiger partial charge on any atom is 0.122 e. The maximum atomic E-state index is 6.26. The normalized spacial score (nSPS) is 16.4. The number of benzene rings is 1. The predicted molar refractivity (Wildman–Crippen MR) is 85.5 cm³/mol. The van der Waals surface area contributed by atoms with Gasteiger partial charge in [-0.25, -0.2) is 0 Å². The van der Waals surface area contributed by atoms with Crippen LogP contribution in [0.15, 0.2) is 41.0 Å². The van der Waals surface area contributed by atoms with E-state index in [1.807, 2.05) is 24.3 Å². The number of hydrogen-bond acceptors (Lipinski definition) is 4. The van der Waals surface area contributed by atoms with Gasteiger partial charge in [0.15, 0.2) is 0 Å². The average Bonchev–Trinajstić information content (AvgIpc) is 2.96. The van der Waals surface area contributed by atoms with E-state index in [1.54, 1.807) is 6.26 Å². The Hall–Kier alpha value is -1.49. The van der Waals surface area contributed by atoms with Crippen LogP contribution in [0.3, 0.4) is 0 Å². The second-order valence-electron chi connectivity index (χ2n) is 5.29. The topological polar surface area (TPSA) is 45.6 Å². The highest BCUT2D eigenvalue weighted by molar-refractivity contribution is 6.33. The highest BCUT2D eigenvalue weighted by atomic mass is 35.5. The van der Waals surface area contributed by atoms with Gasteiger partial charge in [0.05, 0.1) is 23.5 Å². The van der Waals surface area contributed by atoms with Gasteiger partial charge in [0.1, 0.15) is 5.76 Å². The number of halogens is 1. The molecular weight excluding hydrogens is 286 g/mol. The van der Waals surface area contributed by atoms with Gasteiger partial charge >= 0.3 is 0 Å². The third kappa shape index (κ3) is 3.23. The number of furan rings is 1. The van der Waals surface area contributed by atoms with Crippen molar-refractivity contribution >= 4 is 17.3 Å². The number of para-hydroxylation sites is 1. The van der Waals surface area contributed by atoms with Crippen LogP contribution in [0.1, 0.15) is 11.3 Å². The molecule has 2 heterocycles. The summed E-state index contributed by atoms with van der Waals surface area (Å²) in [6.45, 7) is 5.30. The summed E-state index contributed by atoms with van der Waals surface area (Å²) in [5.74, 6) is 0.990. The van der Waals surface area contributed by atoms with Crippen molar-refractivity contribution in [1.82, 2.24) is 4.90 Å². The van der Waals surface area contributed by atoms with Gasteiger partial charge < -0.3 is 15.1 Å². The number of anilines is 1. The third-order valence-electron chi connectivity index (χ3n) is 3.99. The zero-order valence-electron chi connectivity index (χ0n) is 12.0. The van der Waals surface area contributed by atoms with Crippen molar-refractivity contribution < 1.29 is 4.42 Å². The van der Waals surface area contributed by atoms with Gasteiger partial charge in [-0.15, -0.1) is 0 Å². The standard InChI is InChI=1S/C16H20ClN3O/c17-14-3-1-2-4-15(14)20-8-6-19(7-9-20)12-16-13(11-18)5-10-21-16/h1-5,10H,6-9,11-12,18H2. The second-order valence-corrected chi connectivity index (χ2v) is 5.69. The monoisotopic (exact) mass is 305 g/mol. The first-order valence-electron chi connectivity index (χ1n) is 7.25. The molecule has 2 aromatic rings. The molecule has 1 fully saturated rings. The fourth-order valence-corrected chi connectivity index (χ4v) is 3.00. The van der Waals surface area contributed by atoms with Crippen molar-refractivity contribution in [3.8, 4) is 0 Å². The summed E-state index contributed by atoms with van der Waals surface area (Å²) in [4.78, 5) is 4.73. The zero-order chi connectivity index (χ0) is 14.7. The van der Waals surface area contributed by atoms with E-state index in [1.165, 1.54) is 0 Å². The zero-order valence-corrected chi connectivity index (χ0v) is 12.7. The van der Waals surface area contributed by atoms with Crippen molar-refractivity contribution in [2.24, 2.45) is 5.73 Å². The summed E-state index contributed by atoms with van der Waals surface area (Å²) >= 11 is 6.26. The minimum atomic E-state index is 0.533. The van der Waals surface area contributed by atoms with Crippen LogP contribution in [0.2, 0.25) is 5.02 Å². The van der Waals surface area contributed by atoms with E-state index >= 15 is 0 Å². The molecule has 1 aromatic heterocycles. The van der Waals surface area contributed by atoms with Crippen molar-refractivity contribution in [2.75, 3.05) is 31.1 Å². The van der Waals surface area contributed by atoms with Crippen molar-refractivity contribution in [3.63, 3.8) is 0 Å². The first-order chi connectivity index (χ1) is 10.3. The molecule has 1 saturated heterocycles. The van der Waals surface area contributed by atoms with E-state index in [0.29, 0.717) is 6.54 Å². The van der Waals surface area contributed by atoms with Crippen LogP contribution in [-0.4, -0.2) is 31.1 Å². The number of rotatable bonds is 4. The molecule has 4 nitrogen and oxygen atoms in total. The van der Waals surface area contributed by atoms with E-state index in [-0.39, 0.29) is 0 Å². The minimum Gasteiger partial charge on any atom is -0.468 e. The highest BCUT2D eigenvalue weighted by Crippen LogP contribution is 2.26. The second kappa shape index (κ2) is 6.52. The Morgan fingerprint density at radius 2 is 1.86 bits per heavy atom. The van der Waals surface area contributed by atoms with Crippen molar-refractivity contribution in [3.05, 3.63) is 52.9 Å². The lowest BCUT2D eigenvalue weighted by molar-refractivity contribution is 0.229. The Morgan fingerprint density at radius 3 is 2.57 bits per heavy atom. The first kappa shape index (κ1) is 14.4. The largest absolute Gasteiger partial charge is 0.468 e. The van der Waals surface area contributed by atoms with Gasteiger partial charge in [0, 0.05) is 38.3 Å². The molecule has 0 spiro atoms. The average molecular weight is 306 g/mol. The predicted octanol–water partition coefficient (Wildman–Crippen LogP) is 2.71. The van der Waals surface area contributed by atoms with Gasteiger partial charge in [-0.2, -0.15) is 0 Å². The van der Waals surface area contributed by atoms with Gasteiger partial charge in [-0.05, 0) is 18.2 Å². The van der Waals surface area contributed by atoms with E-state index in [0.717, 1.165) is 54.8 Å². The molecule has 1 aliphatic heterocycles. The fourth-order valence-electron chi connectivity index (χ4n) is 2.75. The Kier molecular flexibility index (Phi) is 4.48. The lowest BCUT2D eigenvalue weighted by Gasteiger charge is -2.36. The molecule has 0 atom stereocenters. The third-order valence-corrected chi connectivity index (χ3v) is 4.31. The van der Waals surface area contributed by atoms with Gasteiger partial charge in [-0.1, -0.05) is 23.7 Å². The minimum absolute atomic E-state index is 0.533. The summed E-state index contributed by atoms with van der Waals surface area (Å²) in [6, 6.07) is 9.98. The number of hydrogen-bond donors (Lipinski definition) is 1. The van der Waals surface area contributed by atoms with Crippen molar-refractivity contribution in [2.45, 2.75) is 13.1 Å². The lowest BCUT2D eigenvalue weighted by Crippen LogP contribution is -2.46. The summed E-state index contributed by atoms with van der Waals surface area (Å²) in [7, 11) is 0. The van der Waals surface area contributed by atoms with Crippen LogP contribution in [0.5, 0.6) is 0 Å². The number of nitrogens with two attached hydrogens (primary N) is 1. The highest BCUT2D eigenvalue weighted by Gasteiger charge is 2.20. The molecule has 2 N–H and O–H groups in total. The van der Waals surface area contributed by atoms with E-state index < -0.39 is 0 Å². The molecule has 5 heteroatoms. The molecule has 1 aromatic carbocycles. The molecular formula is C16H20ClN3O. The van der Waals surface area contributed by atoms with E-state index in [2.05, 4.69) is 15.9 Å². The summed E-state index contributed by atoms with van der Waals surface area (Å²) in [5, 5.41) is 0.822. The molecule has 0 bridgehead atoms. The summed E-state index contributed by atoms with van der Waals surface area (Å²) in [6.07, 6.45) is 1.72. The maximum absolute atomic E-state index is 6.26. The molecule has 0 amide bonds. The van der Waals surface area contributed by atoms with Gasteiger partial charge in [-0.3, -0.25) is 4.90 Å². The van der Waals surface area contributed by atoms with Crippen LogP contribution in [-0.2, 0) is 13.1 Å². The summed E-state index contributed by atoms with van der Waals surface area (Å²) < 4.78 is 5.53. The summed E-state index contributed by atoms with van der Waals surface area (Å²) in [5.41, 5.74) is 7.94. The molecule has 0 radical (unpaired) electrons. The van der Waals surface area contributed by atoms with E-state index in [9.17, 15) is 0 Å². The Balaban J connectivity index is 1.59. The molecule has 0 unspecified atom stereocenters. The smallest absolute Gasteiger partial charge is 0.122 e. The van der Waals surface area contributed by atoms with Crippen LogP contribution >= 0.6 is 11.6 Å². The fraction of sp³-hybridized carbons (Fsp3) is 0.375. The lowest BCUT2D eigenvalue weighted by atomic mass is 10.2. The first-order valence-corrected chi connectivity index (χ1v) is 7.63. The molecule has 3 rings (SSSR count). The quantitative estimate of drug-likeness (QED) is 0.943. The Morgan fingerprint density at radius 1 is 1.10 bits per heavy atom. The molecule has 0 saturated carbocycles. The van der Waals surface area contributed by atoms with Crippen LogP contribution < -0.4 is 10.6 Å². The van der Waals surface area contributed by atoms with Gasteiger partial charge in [0.2, 0.25) is 0 Å². The Labute approximate surface area is 130 Å². The van der Waals surface area contributed by atoms with Gasteiger partial charge in [0.25, 0.3) is 0 Å². The molecule has 0 aliphatic carbocycles. The van der Waals surface area contributed by atoms with Crippen LogP contribution in [0.25, 0.3) is 0 Å². The van der Waals surface area contributed by atoms with Crippen molar-refractivity contribution in [1.29, 1.82) is 0 Å².